The molecule has 1 amide bonds. The number of hydrogen-bond acceptors (Lipinski definition) is 5. The number of benzene rings is 2. The number of carbonyl (C=O) groups is 1. The number of ether oxygens (including phenoxy) is 1. The molecular weight excluding hydrogens is 322 g/mol. The summed E-state index contributed by atoms with van der Waals surface area (Å²) in [5.74, 6) is 0.447. The summed E-state index contributed by atoms with van der Waals surface area (Å²) < 4.78 is 5.20. The molecule has 0 aliphatic carbocycles. The fourth-order valence-electron chi connectivity index (χ4n) is 2.37. The lowest BCUT2D eigenvalue weighted by Gasteiger charge is -2.24. The highest BCUT2D eigenvalue weighted by atomic mass is 16.6. The average Bonchev–Trinajstić information content (AvgIpc) is 2.61. The number of para-hydroxylation sites is 2. The highest BCUT2D eigenvalue weighted by Crippen LogP contribution is 2.23. The second kappa shape index (κ2) is 8.25. The Morgan fingerprint density at radius 2 is 2.00 bits per heavy atom. The second-order valence-electron chi connectivity index (χ2n) is 5.71. The Morgan fingerprint density at radius 1 is 1.28 bits per heavy atom. The number of anilines is 1. The van der Waals surface area contributed by atoms with Crippen LogP contribution in [-0.4, -0.2) is 35.9 Å². The maximum atomic E-state index is 12.4. The van der Waals surface area contributed by atoms with Gasteiger partial charge in [0.1, 0.15) is 11.4 Å². The first-order chi connectivity index (χ1) is 11.9. The van der Waals surface area contributed by atoms with Crippen LogP contribution in [0.25, 0.3) is 0 Å². The van der Waals surface area contributed by atoms with Gasteiger partial charge in [0.05, 0.1) is 18.1 Å². The molecule has 0 heterocycles. The van der Waals surface area contributed by atoms with Crippen LogP contribution in [0.15, 0.2) is 48.5 Å². The smallest absolute Gasteiger partial charge is 0.292 e. The van der Waals surface area contributed by atoms with Crippen LogP contribution in [0.5, 0.6) is 5.75 Å². The van der Waals surface area contributed by atoms with E-state index < -0.39 is 11.0 Å². The highest BCUT2D eigenvalue weighted by Gasteiger charge is 2.21. The molecule has 0 saturated carbocycles. The minimum absolute atomic E-state index is 0.126. The summed E-state index contributed by atoms with van der Waals surface area (Å²) in [6.07, 6.45) is 0. The fraction of sp³-hybridized carbons (Fsp3) is 0.278. The zero-order chi connectivity index (χ0) is 18.4. The highest BCUT2D eigenvalue weighted by molar-refractivity contribution is 5.96. The topological polar surface area (TPSA) is 84.7 Å². The van der Waals surface area contributed by atoms with Gasteiger partial charge in [-0.25, -0.2) is 0 Å². The Bertz CT molecular complexity index is 763. The van der Waals surface area contributed by atoms with Crippen molar-refractivity contribution in [2.45, 2.75) is 19.5 Å². The SMILES string of the molecule is COc1cccc(CN(C)[C@@H](C)C(=O)Nc2ccccc2[N+](=O)[O-])c1. The van der Waals surface area contributed by atoms with Crippen molar-refractivity contribution in [2.75, 3.05) is 19.5 Å². The van der Waals surface area contributed by atoms with E-state index in [0.29, 0.717) is 6.54 Å². The molecule has 2 aromatic rings. The van der Waals surface area contributed by atoms with Crippen molar-refractivity contribution in [3.8, 4) is 5.75 Å². The molecule has 7 heteroatoms. The van der Waals surface area contributed by atoms with Gasteiger partial charge in [0, 0.05) is 12.6 Å². The third kappa shape index (κ3) is 4.77. The third-order valence-corrected chi connectivity index (χ3v) is 3.97. The van der Waals surface area contributed by atoms with Crippen molar-refractivity contribution in [1.82, 2.24) is 4.90 Å². The van der Waals surface area contributed by atoms with Gasteiger partial charge in [-0.15, -0.1) is 0 Å². The summed E-state index contributed by atoms with van der Waals surface area (Å²) in [5.41, 5.74) is 1.07. The minimum atomic E-state index is -0.514. The van der Waals surface area contributed by atoms with E-state index in [1.807, 2.05) is 36.2 Å². The molecule has 1 atom stereocenters. The molecule has 132 valence electrons. The number of rotatable bonds is 7. The Morgan fingerprint density at radius 3 is 2.68 bits per heavy atom. The van der Waals surface area contributed by atoms with Gasteiger partial charge in [-0.2, -0.15) is 0 Å². The van der Waals surface area contributed by atoms with Crippen LogP contribution in [0.3, 0.4) is 0 Å². The van der Waals surface area contributed by atoms with E-state index >= 15 is 0 Å². The number of methoxy groups -OCH3 is 1. The van der Waals surface area contributed by atoms with Crippen LogP contribution in [0.4, 0.5) is 11.4 Å². The van der Waals surface area contributed by atoms with Gasteiger partial charge in [-0.05, 0) is 37.7 Å². The Hall–Kier alpha value is -2.93. The second-order valence-corrected chi connectivity index (χ2v) is 5.71. The molecule has 0 fully saturated rings. The van der Waals surface area contributed by atoms with Crippen molar-refractivity contribution in [1.29, 1.82) is 0 Å². The van der Waals surface area contributed by atoms with Crippen molar-refractivity contribution < 1.29 is 14.5 Å². The third-order valence-electron chi connectivity index (χ3n) is 3.97. The lowest BCUT2D eigenvalue weighted by molar-refractivity contribution is -0.383. The molecule has 7 nitrogen and oxygen atoms in total. The van der Waals surface area contributed by atoms with Gasteiger partial charge in [0.15, 0.2) is 0 Å². The number of nitro groups is 1. The quantitative estimate of drug-likeness (QED) is 0.617. The number of nitro benzene ring substituents is 1. The van der Waals surface area contributed by atoms with Gasteiger partial charge in [-0.3, -0.25) is 19.8 Å². The van der Waals surface area contributed by atoms with Gasteiger partial charge in [0.25, 0.3) is 5.69 Å². The first-order valence-electron chi connectivity index (χ1n) is 7.80. The maximum absolute atomic E-state index is 12.4. The fourth-order valence-corrected chi connectivity index (χ4v) is 2.37. The van der Waals surface area contributed by atoms with Crippen molar-refractivity contribution in [2.24, 2.45) is 0 Å². The molecule has 1 N–H and O–H groups in total. The van der Waals surface area contributed by atoms with Crippen LogP contribution in [0.1, 0.15) is 12.5 Å². The van der Waals surface area contributed by atoms with Crippen molar-refractivity contribution in [3.05, 3.63) is 64.2 Å². The standard InChI is InChI=1S/C18H21N3O4/c1-13(20(2)12-14-7-6-8-15(11-14)25-3)18(22)19-16-9-4-5-10-17(16)21(23)24/h4-11,13H,12H2,1-3H3,(H,19,22)/t13-/m0/s1. The molecule has 0 bridgehead atoms. The van der Waals surface area contributed by atoms with E-state index in [4.69, 9.17) is 4.74 Å². The summed E-state index contributed by atoms with van der Waals surface area (Å²) >= 11 is 0. The average molecular weight is 343 g/mol. The molecule has 0 aliphatic rings. The molecule has 2 aromatic carbocycles. The molecule has 0 aliphatic heterocycles. The monoisotopic (exact) mass is 343 g/mol. The summed E-state index contributed by atoms with van der Waals surface area (Å²) in [7, 11) is 3.43. The Balaban J connectivity index is 2.05. The van der Waals surface area contributed by atoms with Gasteiger partial charge < -0.3 is 10.1 Å². The first kappa shape index (κ1) is 18.4. The Labute approximate surface area is 146 Å². The summed E-state index contributed by atoms with van der Waals surface area (Å²) in [5, 5.41) is 13.7. The van der Waals surface area contributed by atoms with Gasteiger partial charge >= 0.3 is 0 Å². The summed E-state index contributed by atoms with van der Waals surface area (Å²) in [6, 6.07) is 13.2. The molecular formula is C18H21N3O4. The van der Waals surface area contributed by atoms with Crippen LogP contribution < -0.4 is 10.1 Å². The van der Waals surface area contributed by atoms with Crippen LogP contribution in [0, 0.1) is 10.1 Å². The molecule has 0 aromatic heterocycles. The van der Waals surface area contributed by atoms with Crippen molar-refractivity contribution in [3.63, 3.8) is 0 Å². The molecule has 0 saturated heterocycles. The number of nitrogens with one attached hydrogen (secondary N) is 1. The molecule has 2 rings (SSSR count). The molecule has 25 heavy (non-hydrogen) atoms. The minimum Gasteiger partial charge on any atom is -0.497 e. The van der Waals surface area contributed by atoms with E-state index in [-0.39, 0.29) is 17.3 Å². The van der Waals surface area contributed by atoms with E-state index in [2.05, 4.69) is 5.32 Å². The zero-order valence-electron chi connectivity index (χ0n) is 14.4. The van der Waals surface area contributed by atoms with Crippen LogP contribution >= 0.6 is 0 Å². The van der Waals surface area contributed by atoms with Crippen LogP contribution in [0.2, 0.25) is 0 Å². The summed E-state index contributed by atoms with van der Waals surface area (Å²) in [6.45, 7) is 2.30. The largest absolute Gasteiger partial charge is 0.497 e. The molecule has 0 unspecified atom stereocenters. The van der Waals surface area contributed by atoms with Gasteiger partial charge in [0.2, 0.25) is 5.91 Å². The number of amides is 1. The first-order valence-corrected chi connectivity index (χ1v) is 7.80. The molecule has 0 spiro atoms. The van der Waals surface area contributed by atoms with E-state index in [1.54, 1.807) is 26.2 Å². The van der Waals surface area contributed by atoms with E-state index in [1.165, 1.54) is 12.1 Å². The predicted octanol–water partition coefficient (Wildman–Crippen LogP) is 3.06. The van der Waals surface area contributed by atoms with E-state index in [9.17, 15) is 14.9 Å². The van der Waals surface area contributed by atoms with Gasteiger partial charge in [-0.1, -0.05) is 24.3 Å². The Kier molecular flexibility index (Phi) is 6.08. The maximum Gasteiger partial charge on any atom is 0.292 e. The van der Waals surface area contributed by atoms with Crippen LogP contribution in [-0.2, 0) is 11.3 Å². The van der Waals surface area contributed by atoms with E-state index in [0.717, 1.165) is 11.3 Å². The number of carbonyl (C=O) groups excluding carboxylic acids is 1. The summed E-state index contributed by atoms with van der Waals surface area (Å²) in [4.78, 5) is 24.8. The molecule has 0 radical (unpaired) electrons. The predicted molar refractivity (Wildman–Crippen MR) is 95.6 cm³/mol. The lowest BCUT2D eigenvalue weighted by atomic mass is 10.1. The number of hydrogen-bond donors (Lipinski definition) is 1. The number of nitrogens with zero attached hydrogens (tertiary/aromatic N) is 2. The van der Waals surface area contributed by atoms with Crippen molar-refractivity contribution >= 4 is 17.3 Å². The zero-order valence-corrected chi connectivity index (χ0v) is 14.4. The number of likely N-dealkylation sites (N-methyl/N-ethyl adjacent to an activating group) is 1. The normalized spacial score (nSPS) is 11.8. The lowest BCUT2D eigenvalue weighted by Crippen LogP contribution is -2.39.